The minimum Gasteiger partial charge on any atom is -0.455 e. The first-order chi connectivity index (χ1) is 27.0. The van der Waals surface area contributed by atoms with Gasteiger partial charge >= 0.3 is 0 Å². The van der Waals surface area contributed by atoms with Gasteiger partial charge in [0.25, 0.3) is 0 Å². The van der Waals surface area contributed by atoms with Crippen molar-refractivity contribution in [2.75, 3.05) is 4.90 Å². The molecular weight excluding hydrogens is 691 g/mol. The first kappa shape index (κ1) is 32.0. The van der Waals surface area contributed by atoms with Gasteiger partial charge in [0, 0.05) is 16.7 Å². The van der Waals surface area contributed by atoms with E-state index in [9.17, 15) is 0 Å². The van der Waals surface area contributed by atoms with Crippen LogP contribution < -0.4 is 14.4 Å². The third-order valence-corrected chi connectivity index (χ3v) is 12.6. The highest BCUT2D eigenvalue weighted by Crippen LogP contribution is 2.60. The highest BCUT2D eigenvalue weighted by Gasteiger charge is 2.39. The van der Waals surface area contributed by atoms with E-state index in [-0.39, 0.29) is 5.41 Å². The minimum absolute atomic E-state index is 0.0693. The number of benzene rings is 8. The third kappa shape index (κ3) is 5.06. The monoisotopic (exact) mass is 725 g/mol. The Hall–Kier alpha value is -6.49. The number of ether oxygens (including phenoxy) is 2. The fourth-order valence-corrected chi connectivity index (χ4v) is 9.81. The Morgan fingerprint density at radius 2 is 0.982 bits per heavy atom. The molecule has 0 amide bonds. The maximum absolute atomic E-state index is 6.75. The molecule has 0 bridgehead atoms. The van der Waals surface area contributed by atoms with Crippen molar-refractivity contribution in [1.29, 1.82) is 0 Å². The summed E-state index contributed by atoms with van der Waals surface area (Å²) >= 11 is 1.83. The molecule has 4 heteroatoms. The summed E-state index contributed by atoms with van der Waals surface area (Å²) in [6, 6.07) is 62.6. The summed E-state index contributed by atoms with van der Waals surface area (Å²) in [6.45, 7) is 4.66. The molecule has 2 heterocycles. The summed E-state index contributed by atoms with van der Waals surface area (Å²) in [5.74, 6) is 3.46. The average Bonchev–Trinajstić information content (AvgIpc) is 3.48. The van der Waals surface area contributed by atoms with Crippen molar-refractivity contribution in [3.05, 3.63) is 187 Å². The predicted molar refractivity (Wildman–Crippen MR) is 226 cm³/mol. The van der Waals surface area contributed by atoms with Crippen molar-refractivity contribution in [1.82, 2.24) is 0 Å². The van der Waals surface area contributed by atoms with Gasteiger partial charge in [-0.2, -0.15) is 0 Å². The molecule has 11 rings (SSSR count). The van der Waals surface area contributed by atoms with Crippen LogP contribution in [0.25, 0.3) is 44.5 Å². The van der Waals surface area contributed by atoms with E-state index in [0.29, 0.717) is 0 Å². The van der Waals surface area contributed by atoms with Gasteiger partial charge in [0.15, 0.2) is 11.5 Å². The summed E-state index contributed by atoms with van der Waals surface area (Å²) in [6.07, 6.45) is 0. The van der Waals surface area contributed by atoms with Crippen LogP contribution >= 0.6 is 11.8 Å². The number of nitrogens with zero attached hydrogens (tertiary/aromatic N) is 1. The molecule has 3 nitrogen and oxygen atoms in total. The van der Waals surface area contributed by atoms with Gasteiger partial charge < -0.3 is 14.4 Å². The summed E-state index contributed by atoms with van der Waals surface area (Å²) < 4.78 is 13.4. The number of hydrogen-bond donors (Lipinski definition) is 0. The van der Waals surface area contributed by atoms with E-state index in [1.807, 2.05) is 23.9 Å². The molecule has 55 heavy (non-hydrogen) atoms. The van der Waals surface area contributed by atoms with Crippen molar-refractivity contribution in [2.45, 2.75) is 29.1 Å². The predicted octanol–water partition coefficient (Wildman–Crippen LogP) is 14.8. The molecule has 262 valence electrons. The molecule has 0 N–H and O–H groups in total. The number of anilines is 3. The summed E-state index contributed by atoms with van der Waals surface area (Å²) in [4.78, 5) is 4.65. The fraction of sp³-hybridized carbons (Fsp3) is 0.0588. The van der Waals surface area contributed by atoms with Crippen LogP contribution in [0.4, 0.5) is 17.1 Å². The van der Waals surface area contributed by atoms with E-state index < -0.39 is 0 Å². The van der Waals surface area contributed by atoms with E-state index in [4.69, 9.17) is 9.47 Å². The quantitative estimate of drug-likeness (QED) is 0.180. The zero-order valence-electron chi connectivity index (χ0n) is 30.4. The average molecular weight is 726 g/mol. The lowest BCUT2D eigenvalue weighted by Gasteiger charge is -2.33. The highest BCUT2D eigenvalue weighted by molar-refractivity contribution is 8.00. The van der Waals surface area contributed by atoms with Crippen LogP contribution in [0.1, 0.15) is 25.0 Å². The summed E-state index contributed by atoms with van der Waals surface area (Å²) in [5, 5.41) is 0. The van der Waals surface area contributed by atoms with Gasteiger partial charge in [-0.1, -0.05) is 153 Å². The van der Waals surface area contributed by atoms with Crippen LogP contribution in [-0.4, -0.2) is 0 Å². The molecule has 0 radical (unpaired) electrons. The normalized spacial score (nSPS) is 14.0. The SMILES string of the molecule is CC1(C)c2ccccc2-c2c1ccc1c2Sc2c(cccc2-c2ccc(N3c4ccc(-c5ccccc5)cc4Oc4cc(-c5ccccc5)ccc43)cc2)O1. The van der Waals surface area contributed by atoms with Gasteiger partial charge in [-0.25, -0.2) is 0 Å². The second kappa shape index (κ2) is 12.3. The number of rotatable bonds is 4. The van der Waals surface area contributed by atoms with Gasteiger partial charge in [-0.05, 0) is 98.6 Å². The Balaban J connectivity index is 0.991. The molecule has 0 spiro atoms. The van der Waals surface area contributed by atoms with Gasteiger partial charge in [0.05, 0.1) is 21.2 Å². The van der Waals surface area contributed by atoms with Crippen molar-refractivity contribution < 1.29 is 9.47 Å². The lowest BCUT2D eigenvalue weighted by molar-refractivity contribution is 0.455. The molecule has 0 unspecified atom stereocenters. The summed E-state index contributed by atoms with van der Waals surface area (Å²) in [7, 11) is 0. The van der Waals surface area contributed by atoms with E-state index >= 15 is 0 Å². The molecule has 0 saturated heterocycles. The van der Waals surface area contributed by atoms with Crippen LogP contribution in [0.2, 0.25) is 0 Å². The third-order valence-electron chi connectivity index (χ3n) is 11.3. The van der Waals surface area contributed by atoms with Gasteiger partial charge in [0.1, 0.15) is 11.5 Å². The maximum Gasteiger partial charge on any atom is 0.152 e. The van der Waals surface area contributed by atoms with E-state index in [1.54, 1.807) is 0 Å². The Kier molecular flexibility index (Phi) is 7.14. The van der Waals surface area contributed by atoms with Crippen LogP contribution in [0.3, 0.4) is 0 Å². The van der Waals surface area contributed by atoms with Crippen molar-refractivity contribution in [3.63, 3.8) is 0 Å². The Morgan fingerprint density at radius 1 is 0.418 bits per heavy atom. The van der Waals surface area contributed by atoms with Crippen LogP contribution in [0.5, 0.6) is 23.0 Å². The second-order valence-electron chi connectivity index (χ2n) is 14.9. The molecular formula is C51H35NO2S. The lowest BCUT2D eigenvalue weighted by atomic mass is 9.82. The van der Waals surface area contributed by atoms with Crippen molar-refractivity contribution >= 4 is 28.8 Å². The zero-order chi connectivity index (χ0) is 36.7. The van der Waals surface area contributed by atoms with E-state index in [2.05, 4.69) is 183 Å². The fourth-order valence-electron chi connectivity index (χ4n) is 8.57. The number of fused-ring (bicyclic) bond motifs is 8. The maximum atomic E-state index is 6.75. The molecule has 0 fully saturated rings. The van der Waals surface area contributed by atoms with Crippen LogP contribution in [0.15, 0.2) is 186 Å². The molecule has 2 aliphatic heterocycles. The van der Waals surface area contributed by atoms with E-state index in [1.165, 1.54) is 27.1 Å². The Labute approximate surface area is 325 Å². The Morgan fingerprint density at radius 3 is 1.65 bits per heavy atom. The molecule has 8 aromatic carbocycles. The van der Waals surface area contributed by atoms with E-state index in [0.717, 1.165) is 78.3 Å². The Bertz CT molecular complexity index is 2720. The molecule has 8 aromatic rings. The first-order valence-corrected chi connectivity index (χ1v) is 19.6. The zero-order valence-corrected chi connectivity index (χ0v) is 31.2. The van der Waals surface area contributed by atoms with Gasteiger partial charge in [-0.3, -0.25) is 0 Å². The van der Waals surface area contributed by atoms with Crippen molar-refractivity contribution in [3.8, 4) is 67.5 Å². The largest absolute Gasteiger partial charge is 0.455 e. The minimum atomic E-state index is -0.0693. The number of hydrogen-bond acceptors (Lipinski definition) is 4. The van der Waals surface area contributed by atoms with Crippen LogP contribution in [0, 0.1) is 0 Å². The van der Waals surface area contributed by atoms with Crippen LogP contribution in [-0.2, 0) is 5.41 Å². The standard InChI is InChI=1S/C51H35NO2S/c1-51(2)40-18-10-9-16-39(40)48-41(51)26-29-45-50(48)55-49-38(17-11-19-44(49)53-45)34-20-24-37(25-21-34)52-42-27-22-35(32-12-5-3-6-13-32)30-46(42)54-47-31-36(23-28-43(47)52)33-14-7-4-8-15-33/h3-31H,1-2H3. The molecule has 1 aliphatic carbocycles. The first-order valence-electron chi connectivity index (χ1n) is 18.7. The second-order valence-corrected chi connectivity index (χ2v) is 15.9. The topological polar surface area (TPSA) is 21.7 Å². The molecule has 0 aromatic heterocycles. The molecule has 0 saturated carbocycles. The summed E-state index contributed by atoms with van der Waals surface area (Å²) in [5.41, 5.74) is 15.2. The highest BCUT2D eigenvalue weighted by atomic mass is 32.2. The lowest BCUT2D eigenvalue weighted by Crippen LogP contribution is -2.16. The molecule has 3 aliphatic rings. The smallest absolute Gasteiger partial charge is 0.152 e. The van der Waals surface area contributed by atoms with Crippen molar-refractivity contribution in [2.24, 2.45) is 0 Å². The van der Waals surface area contributed by atoms with Gasteiger partial charge in [0.2, 0.25) is 0 Å². The van der Waals surface area contributed by atoms with Gasteiger partial charge in [-0.15, -0.1) is 0 Å². The molecule has 0 atom stereocenters.